The molecule has 0 aromatic heterocycles. The summed E-state index contributed by atoms with van der Waals surface area (Å²) in [5, 5.41) is 9.90. The van der Waals surface area contributed by atoms with Crippen molar-refractivity contribution in [3.8, 4) is 16.9 Å². The third-order valence-corrected chi connectivity index (χ3v) is 10.6. The van der Waals surface area contributed by atoms with E-state index in [1.54, 1.807) is 11.1 Å². The molecule has 2 aliphatic carbocycles. The molecule has 264 valence electrons. The van der Waals surface area contributed by atoms with Crippen LogP contribution < -0.4 is 0 Å². The predicted octanol–water partition coefficient (Wildman–Crippen LogP) is 13.7. The van der Waals surface area contributed by atoms with Gasteiger partial charge >= 0.3 is 0 Å². The zero-order valence-electron chi connectivity index (χ0n) is 32.4. The average molecular weight is 675 g/mol. The summed E-state index contributed by atoms with van der Waals surface area (Å²) in [4.78, 5) is 0. The van der Waals surface area contributed by atoms with Crippen LogP contribution in [0, 0.1) is 19.8 Å². The molecule has 0 saturated heterocycles. The van der Waals surface area contributed by atoms with Crippen LogP contribution in [0.4, 0.5) is 0 Å². The lowest BCUT2D eigenvalue weighted by atomic mass is 9.77. The quantitative estimate of drug-likeness (QED) is 0.201. The highest BCUT2D eigenvalue weighted by Gasteiger charge is 2.39. The molecule has 2 unspecified atom stereocenters. The molecule has 0 spiro atoms. The van der Waals surface area contributed by atoms with Crippen molar-refractivity contribution in [2.24, 2.45) is 5.92 Å². The molecule has 1 heteroatoms. The summed E-state index contributed by atoms with van der Waals surface area (Å²) in [5.74, 6) is 1.41. The van der Waals surface area contributed by atoms with Gasteiger partial charge < -0.3 is 5.11 Å². The number of rotatable bonds is 4. The molecule has 0 saturated carbocycles. The van der Waals surface area contributed by atoms with E-state index in [-0.39, 0.29) is 10.8 Å². The first kappa shape index (κ1) is 37.6. The maximum absolute atomic E-state index is 9.90. The van der Waals surface area contributed by atoms with Crippen LogP contribution in [0.25, 0.3) is 16.7 Å². The zero-order chi connectivity index (χ0) is 36.8. The maximum atomic E-state index is 9.90. The Hall–Kier alpha value is -4.62. The summed E-state index contributed by atoms with van der Waals surface area (Å²) in [5.41, 5.74) is 15.3. The largest absolute Gasteiger partial charge is 0.507 e. The Balaban J connectivity index is 0.000000154. The van der Waals surface area contributed by atoms with Gasteiger partial charge in [0, 0.05) is 11.5 Å². The molecule has 0 bridgehead atoms. The third kappa shape index (κ3) is 9.01. The lowest BCUT2D eigenvalue weighted by Crippen LogP contribution is -2.17. The average Bonchev–Trinajstić information content (AvgIpc) is 3.40. The van der Waals surface area contributed by atoms with E-state index < -0.39 is 0 Å². The second-order valence-corrected chi connectivity index (χ2v) is 16.1. The van der Waals surface area contributed by atoms with E-state index >= 15 is 0 Å². The smallest absolute Gasteiger partial charge is 0.123 e. The summed E-state index contributed by atoms with van der Waals surface area (Å²) >= 11 is 0. The van der Waals surface area contributed by atoms with Gasteiger partial charge in [0.15, 0.2) is 0 Å². The van der Waals surface area contributed by atoms with Gasteiger partial charge in [0.2, 0.25) is 0 Å². The topological polar surface area (TPSA) is 20.2 Å². The fourth-order valence-corrected chi connectivity index (χ4v) is 7.94. The highest BCUT2D eigenvalue weighted by atomic mass is 16.3. The number of allylic oxidation sites excluding steroid dienone is 4. The fraction of sp³-hybridized carbons (Fsp3) is 0.320. The van der Waals surface area contributed by atoms with E-state index in [9.17, 15) is 5.11 Å². The van der Waals surface area contributed by atoms with Gasteiger partial charge in [-0.2, -0.15) is 0 Å². The Morgan fingerprint density at radius 3 is 2.04 bits per heavy atom. The molecule has 51 heavy (non-hydrogen) atoms. The van der Waals surface area contributed by atoms with Gasteiger partial charge in [-0.1, -0.05) is 176 Å². The van der Waals surface area contributed by atoms with Gasteiger partial charge in [-0.25, -0.2) is 0 Å². The zero-order valence-corrected chi connectivity index (χ0v) is 32.4. The van der Waals surface area contributed by atoms with Crippen molar-refractivity contribution in [1.82, 2.24) is 0 Å². The summed E-state index contributed by atoms with van der Waals surface area (Å²) in [6.45, 7) is 20.4. The van der Waals surface area contributed by atoms with E-state index in [0.717, 1.165) is 24.0 Å². The molecule has 0 fully saturated rings. The Morgan fingerprint density at radius 1 is 0.745 bits per heavy atom. The number of aryl methyl sites for hydroxylation is 3. The Morgan fingerprint density at radius 2 is 1.39 bits per heavy atom. The monoisotopic (exact) mass is 674 g/mol. The van der Waals surface area contributed by atoms with Gasteiger partial charge in [0.25, 0.3) is 0 Å². The SMILES string of the molecule is CCc1ccc(-c2ccccc2)cc1.Cc1ccc(C2=CC=CCC2C)c(O)c1.Cc1cccc2c1C(C)(C)CC2c1ccccc1C(C)(C)C. The van der Waals surface area contributed by atoms with Crippen LogP contribution in [0.15, 0.2) is 133 Å². The molecular weight excluding hydrogens is 617 g/mol. The van der Waals surface area contributed by atoms with Crippen molar-refractivity contribution < 1.29 is 5.11 Å². The lowest BCUT2D eigenvalue weighted by molar-refractivity contribution is 0.472. The fourth-order valence-electron chi connectivity index (χ4n) is 7.94. The molecule has 0 radical (unpaired) electrons. The Labute approximate surface area is 308 Å². The first-order valence-corrected chi connectivity index (χ1v) is 18.8. The van der Waals surface area contributed by atoms with Gasteiger partial charge in [0.05, 0.1) is 0 Å². The van der Waals surface area contributed by atoms with Crippen LogP contribution in [-0.4, -0.2) is 5.11 Å². The Kier molecular flexibility index (Phi) is 11.9. The molecule has 1 N–H and O–H groups in total. The first-order chi connectivity index (χ1) is 24.3. The first-order valence-electron chi connectivity index (χ1n) is 18.8. The molecule has 0 amide bonds. The number of hydrogen-bond acceptors (Lipinski definition) is 1. The van der Waals surface area contributed by atoms with Crippen molar-refractivity contribution in [1.29, 1.82) is 0 Å². The second kappa shape index (κ2) is 16.2. The molecular formula is C50H58O. The minimum Gasteiger partial charge on any atom is -0.507 e. The standard InChI is InChI=1S/C22H28.C14H16O.C14H14/c1-15-10-9-12-17-18(14-22(5,6)20(15)17)16-11-7-8-13-19(16)21(2,3)4;1-10-7-8-13(14(15)9-10)12-6-4-3-5-11(12)2;1-2-12-8-10-14(11-9-12)13-6-4-3-5-7-13/h7-13,18H,14H2,1-6H3;3-4,6-9,11,15H,5H2,1-2H3;3-11H,2H2,1H3. The van der Waals surface area contributed by atoms with Crippen LogP contribution >= 0.6 is 0 Å². The summed E-state index contributed by atoms with van der Waals surface area (Å²) in [6.07, 6.45) is 9.70. The van der Waals surface area contributed by atoms with Gasteiger partial charge in [-0.05, 0) is 112 Å². The van der Waals surface area contributed by atoms with Crippen LogP contribution in [0.2, 0.25) is 0 Å². The predicted molar refractivity (Wildman–Crippen MR) is 221 cm³/mol. The summed E-state index contributed by atoms with van der Waals surface area (Å²) < 4.78 is 0. The van der Waals surface area contributed by atoms with Crippen LogP contribution in [0.1, 0.15) is 112 Å². The molecule has 5 aromatic rings. The Bertz CT molecular complexity index is 1960. The van der Waals surface area contributed by atoms with E-state index in [4.69, 9.17) is 0 Å². The molecule has 2 aliphatic rings. The van der Waals surface area contributed by atoms with Gasteiger partial charge in [0.1, 0.15) is 5.75 Å². The summed E-state index contributed by atoms with van der Waals surface area (Å²) in [7, 11) is 0. The van der Waals surface area contributed by atoms with Gasteiger partial charge in [-0.15, -0.1) is 0 Å². The molecule has 0 heterocycles. The number of hydrogen-bond donors (Lipinski definition) is 1. The molecule has 1 nitrogen and oxygen atoms in total. The molecule has 0 aliphatic heterocycles. The van der Waals surface area contributed by atoms with Gasteiger partial charge in [-0.3, -0.25) is 0 Å². The van der Waals surface area contributed by atoms with Crippen molar-refractivity contribution in [3.63, 3.8) is 0 Å². The molecule has 5 aromatic carbocycles. The number of aromatic hydroxyl groups is 1. The highest BCUT2D eigenvalue weighted by molar-refractivity contribution is 5.74. The number of benzene rings is 5. The number of phenolic OH excluding ortho intramolecular Hbond substituents is 1. The molecule has 2 atom stereocenters. The maximum Gasteiger partial charge on any atom is 0.123 e. The van der Waals surface area contributed by atoms with Crippen LogP contribution in [0.3, 0.4) is 0 Å². The normalized spacial score (nSPS) is 17.3. The van der Waals surface area contributed by atoms with E-state index in [1.807, 2.05) is 31.2 Å². The summed E-state index contributed by atoms with van der Waals surface area (Å²) in [6, 6.07) is 41.0. The third-order valence-electron chi connectivity index (χ3n) is 10.6. The van der Waals surface area contributed by atoms with E-state index in [0.29, 0.717) is 17.6 Å². The minimum atomic E-state index is 0.188. The lowest BCUT2D eigenvalue weighted by Gasteiger charge is -2.27. The highest BCUT2D eigenvalue weighted by Crippen LogP contribution is 2.51. The number of fused-ring (bicyclic) bond motifs is 1. The van der Waals surface area contributed by atoms with Crippen LogP contribution in [0.5, 0.6) is 5.75 Å². The van der Waals surface area contributed by atoms with Crippen molar-refractivity contribution >= 4 is 5.57 Å². The van der Waals surface area contributed by atoms with Crippen LogP contribution in [-0.2, 0) is 17.3 Å². The molecule has 7 rings (SSSR count). The van der Waals surface area contributed by atoms with E-state index in [1.165, 1.54) is 45.4 Å². The minimum absolute atomic E-state index is 0.188. The van der Waals surface area contributed by atoms with Crippen molar-refractivity contribution in [2.75, 3.05) is 0 Å². The van der Waals surface area contributed by atoms with Crippen molar-refractivity contribution in [2.45, 2.75) is 98.3 Å². The second-order valence-electron chi connectivity index (χ2n) is 16.1. The van der Waals surface area contributed by atoms with E-state index in [2.05, 4.69) is 165 Å². The van der Waals surface area contributed by atoms with Crippen molar-refractivity contribution in [3.05, 3.63) is 178 Å². The number of phenols is 1.